The lowest BCUT2D eigenvalue weighted by Gasteiger charge is -1.98. The smallest absolute Gasteiger partial charge is 0.167 e. The Morgan fingerprint density at radius 2 is 2.15 bits per heavy atom. The zero-order valence-corrected chi connectivity index (χ0v) is 7.06. The van der Waals surface area contributed by atoms with E-state index >= 15 is 0 Å². The van der Waals surface area contributed by atoms with E-state index in [2.05, 4.69) is 5.92 Å². The summed E-state index contributed by atoms with van der Waals surface area (Å²) < 4.78 is 12.8. The summed E-state index contributed by atoms with van der Waals surface area (Å²) in [5, 5.41) is 17.4. The second kappa shape index (κ2) is 3.80. The van der Waals surface area contributed by atoms with Gasteiger partial charge >= 0.3 is 0 Å². The van der Waals surface area contributed by atoms with Gasteiger partial charge in [-0.15, -0.1) is 0 Å². The van der Waals surface area contributed by atoms with Crippen LogP contribution in [0.4, 0.5) is 4.39 Å². The van der Waals surface area contributed by atoms with Crippen molar-refractivity contribution in [2.45, 2.75) is 0 Å². The first kappa shape index (κ1) is 9.38. The van der Waals surface area contributed by atoms with Crippen LogP contribution in [0.3, 0.4) is 0 Å². The standard InChI is InChI=1S/C9H3ClFNO/c10-7-4-6(2-1-3-12)9(13)8(11)5-7/h4-5,13H. The summed E-state index contributed by atoms with van der Waals surface area (Å²) >= 11 is 5.50. The van der Waals surface area contributed by atoms with E-state index in [9.17, 15) is 4.39 Å². The molecular weight excluding hydrogens is 193 g/mol. The number of halogens is 2. The average Bonchev–Trinajstić information content (AvgIpc) is 2.09. The number of hydrogen-bond acceptors (Lipinski definition) is 2. The number of nitriles is 1. The summed E-state index contributed by atoms with van der Waals surface area (Å²) in [6.45, 7) is 0. The fraction of sp³-hybridized carbons (Fsp3) is 0. The number of rotatable bonds is 0. The van der Waals surface area contributed by atoms with Gasteiger partial charge in [-0.05, 0) is 18.1 Å². The Hall–Kier alpha value is -1.71. The van der Waals surface area contributed by atoms with Crippen LogP contribution < -0.4 is 0 Å². The topological polar surface area (TPSA) is 44.0 Å². The van der Waals surface area contributed by atoms with E-state index in [0.29, 0.717) is 0 Å². The predicted octanol–water partition coefficient (Wildman–Crippen LogP) is 2.06. The van der Waals surface area contributed by atoms with Crippen LogP contribution in [0.2, 0.25) is 5.02 Å². The summed E-state index contributed by atoms with van der Waals surface area (Å²) in [6, 6.07) is 3.79. The van der Waals surface area contributed by atoms with Crippen LogP contribution >= 0.6 is 11.6 Å². The van der Waals surface area contributed by atoms with Crippen molar-refractivity contribution >= 4 is 11.6 Å². The summed E-state index contributed by atoms with van der Waals surface area (Å²) in [7, 11) is 0. The lowest BCUT2D eigenvalue weighted by molar-refractivity contribution is 0.431. The second-order valence-corrected chi connectivity index (χ2v) is 2.58. The first-order valence-electron chi connectivity index (χ1n) is 3.23. The zero-order valence-electron chi connectivity index (χ0n) is 6.31. The van der Waals surface area contributed by atoms with Gasteiger partial charge in [-0.2, -0.15) is 5.26 Å². The Morgan fingerprint density at radius 1 is 1.46 bits per heavy atom. The van der Waals surface area contributed by atoms with Crippen molar-refractivity contribution in [1.82, 2.24) is 0 Å². The van der Waals surface area contributed by atoms with Gasteiger partial charge in [-0.1, -0.05) is 11.6 Å². The molecule has 0 atom stereocenters. The Bertz CT molecular complexity index is 439. The molecule has 1 aromatic carbocycles. The fourth-order valence-electron chi connectivity index (χ4n) is 0.757. The molecule has 0 aliphatic heterocycles. The number of aromatic hydroxyl groups is 1. The molecule has 1 N–H and O–H groups in total. The minimum Gasteiger partial charge on any atom is -0.504 e. The van der Waals surface area contributed by atoms with Gasteiger partial charge in [0, 0.05) is 10.9 Å². The van der Waals surface area contributed by atoms with Crippen LogP contribution in [0.1, 0.15) is 5.56 Å². The average molecular weight is 196 g/mol. The molecule has 0 aromatic heterocycles. The molecule has 13 heavy (non-hydrogen) atoms. The Kier molecular flexibility index (Phi) is 2.74. The predicted molar refractivity (Wildman–Crippen MR) is 45.6 cm³/mol. The lowest BCUT2D eigenvalue weighted by Crippen LogP contribution is -1.82. The van der Waals surface area contributed by atoms with Gasteiger partial charge in [0.25, 0.3) is 0 Å². The van der Waals surface area contributed by atoms with Gasteiger partial charge in [-0.25, -0.2) is 4.39 Å². The summed E-state index contributed by atoms with van der Waals surface area (Å²) in [5.74, 6) is 2.85. The molecule has 4 heteroatoms. The molecule has 1 aromatic rings. The molecule has 0 amide bonds. The molecule has 2 nitrogen and oxygen atoms in total. The monoisotopic (exact) mass is 195 g/mol. The van der Waals surface area contributed by atoms with Gasteiger partial charge in [0.1, 0.15) is 0 Å². The highest BCUT2D eigenvalue weighted by atomic mass is 35.5. The Labute approximate surface area is 79.2 Å². The highest BCUT2D eigenvalue weighted by Gasteiger charge is 2.06. The van der Waals surface area contributed by atoms with Crippen molar-refractivity contribution in [2.24, 2.45) is 0 Å². The van der Waals surface area contributed by atoms with Crippen LogP contribution in [0.25, 0.3) is 0 Å². The molecule has 0 fully saturated rings. The molecule has 0 aliphatic carbocycles. The van der Waals surface area contributed by atoms with Crippen molar-refractivity contribution in [2.75, 3.05) is 0 Å². The minimum absolute atomic E-state index is 0.00606. The fourth-order valence-corrected chi connectivity index (χ4v) is 0.961. The number of phenolic OH excluding ortho intramolecular Hbond substituents is 1. The third-order valence-corrected chi connectivity index (χ3v) is 1.50. The van der Waals surface area contributed by atoms with Crippen LogP contribution in [-0.4, -0.2) is 5.11 Å². The van der Waals surface area contributed by atoms with Gasteiger partial charge in [-0.3, -0.25) is 0 Å². The van der Waals surface area contributed by atoms with Gasteiger partial charge in [0.15, 0.2) is 17.6 Å². The summed E-state index contributed by atoms with van der Waals surface area (Å²) in [5.41, 5.74) is 0.00606. The van der Waals surface area contributed by atoms with Crippen molar-refractivity contribution in [3.05, 3.63) is 28.5 Å². The zero-order chi connectivity index (χ0) is 9.84. The molecule has 0 heterocycles. The van der Waals surface area contributed by atoms with Crippen molar-refractivity contribution in [3.63, 3.8) is 0 Å². The highest BCUT2D eigenvalue weighted by molar-refractivity contribution is 6.30. The minimum atomic E-state index is -0.852. The van der Waals surface area contributed by atoms with Crippen molar-refractivity contribution < 1.29 is 9.50 Å². The van der Waals surface area contributed by atoms with E-state index in [4.69, 9.17) is 22.0 Å². The van der Waals surface area contributed by atoms with E-state index < -0.39 is 11.6 Å². The molecule has 1 rings (SSSR count). The maximum Gasteiger partial charge on any atom is 0.167 e. The van der Waals surface area contributed by atoms with Gasteiger partial charge in [0.05, 0.1) is 5.56 Å². The van der Waals surface area contributed by atoms with E-state index in [1.807, 2.05) is 5.92 Å². The lowest BCUT2D eigenvalue weighted by atomic mass is 10.2. The third-order valence-electron chi connectivity index (χ3n) is 1.28. The molecule has 0 spiro atoms. The molecule has 64 valence electrons. The highest BCUT2D eigenvalue weighted by Crippen LogP contribution is 2.24. The van der Waals surface area contributed by atoms with Crippen LogP contribution in [0.15, 0.2) is 12.1 Å². The molecule has 0 bridgehead atoms. The SMILES string of the molecule is N#CC#Cc1cc(Cl)cc(F)c1O. The van der Waals surface area contributed by atoms with E-state index in [-0.39, 0.29) is 10.6 Å². The van der Waals surface area contributed by atoms with E-state index in [1.165, 1.54) is 6.07 Å². The first-order chi connectivity index (χ1) is 6.15. The molecule has 0 saturated heterocycles. The van der Waals surface area contributed by atoms with E-state index in [1.54, 1.807) is 6.07 Å². The van der Waals surface area contributed by atoms with Crippen LogP contribution in [-0.2, 0) is 0 Å². The third kappa shape index (κ3) is 2.11. The van der Waals surface area contributed by atoms with E-state index in [0.717, 1.165) is 6.07 Å². The van der Waals surface area contributed by atoms with Crippen molar-refractivity contribution in [1.29, 1.82) is 5.26 Å². The quantitative estimate of drug-likeness (QED) is 0.644. The molecule has 0 unspecified atom stereocenters. The maximum absolute atomic E-state index is 12.8. The molecule has 0 saturated carbocycles. The number of phenols is 1. The van der Waals surface area contributed by atoms with Crippen molar-refractivity contribution in [3.8, 4) is 23.7 Å². The largest absolute Gasteiger partial charge is 0.504 e. The van der Waals surface area contributed by atoms with Crippen LogP contribution in [0.5, 0.6) is 5.75 Å². The van der Waals surface area contributed by atoms with Crippen LogP contribution in [0, 0.1) is 29.0 Å². The van der Waals surface area contributed by atoms with Gasteiger partial charge in [0.2, 0.25) is 0 Å². The molecule has 0 aliphatic rings. The first-order valence-corrected chi connectivity index (χ1v) is 3.61. The Morgan fingerprint density at radius 3 is 2.77 bits per heavy atom. The van der Waals surface area contributed by atoms with Gasteiger partial charge < -0.3 is 5.11 Å². The summed E-state index contributed by atoms with van der Waals surface area (Å²) in [6.07, 6.45) is 0. The maximum atomic E-state index is 12.8. The Balaban J connectivity index is 3.30. The number of nitrogens with zero attached hydrogens (tertiary/aromatic N) is 1. The number of benzene rings is 1. The molecule has 0 radical (unpaired) electrons. The molecular formula is C9H3ClFNO. The normalized spacial score (nSPS) is 8.38. The summed E-state index contributed by atoms with van der Waals surface area (Å²) in [4.78, 5) is 0. The second-order valence-electron chi connectivity index (χ2n) is 2.15. The number of hydrogen-bond donors (Lipinski definition) is 1.